The van der Waals surface area contributed by atoms with Crippen LogP contribution in [0.2, 0.25) is 0 Å². The number of hydrogen-bond donors (Lipinski definition) is 5. The minimum Gasteiger partial charge on any atom is -0.394 e. The van der Waals surface area contributed by atoms with Gasteiger partial charge in [-0.1, -0.05) is 84.3 Å². The molecule has 33 heavy (non-hydrogen) atoms. The van der Waals surface area contributed by atoms with Gasteiger partial charge < -0.3 is 30.3 Å². The summed E-state index contributed by atoms with van der Waals surface area (Å²) in [6.07, 6.45) is 8.52. The zero-order chi connectivity index (χ0) is 25.2. The van der Waals surface area contributed by atoms with Crippen LogP contribution in [0.1, 0.15) is 98.8 Å². The lowest BCUT2D eigenvalue weighted by atomic mass is 9.91. The Bertz CT molecular complexity index is 481. The predicted octanol–water partition coefficient (Wildman–Crippen LogP) is 4.21. The summed E-state index contributed by atoms with van der Waals surface area (Å²) in [7, 11) is 0. The van der Waals surface area contributed by atoms with E-state index in [4.69, 9.17) is 9.84 Å². The first kappa shape index (κ1) is 32.5. The van der Waals surface area contributed by atoms with Crippen molar-refractivity contribution in [3.05, 3.63) is 11.6 Å². The summed E-state index contributed by atoms with van der Waals surface area (Å²) >= 11 is 0. The quantitative estimate of drug-likeness (QED) is 0.126. The highest BCUT2D eigenvalue weighted by atomic mass is 16.5. The van der Waals surface area contributed by atoms with Gasteiger partial charge in [-0.15, -0.1) is 0 Å². The number of aliphatic hydroxyl groups is 5. The molecule has 0 aromatic carbocycles. The molecule has 0 aromatic heterocycles. The highest BCUT2D eigenvalue weighted by molar-refractivity contribution is 4.97. The van der Waals surface area contributed by atoms with E-state index >= 15 is 0 Å². The second-order valence-electron chi connectivity index (χ2n) is 10.6. The summed E-state index contributed by atoms with van der Waals surface area (Å²) < 4.78 is 5.36. The molecule has 0 radical (unpaired) electrons. The third-order valence-corrected chi connectivity index (χ3v) is 6.51. The third kappa shape index (κ3) is 17.6. The number of allylic oxidation sites excluding steroid dienone is 1. The van der Waals surface area contributed by atoms with Crippen molar-refractivity contribution in [1.29, 1.82) is 0 Å². The predicted molar refractivity (Wildman–Crippen MR) is 135 cm³/mol. The van der Waals surface area contributed by atoms with E-state index in [0.29, 0.717) is 6.61 Å². The van der Waals surface area contributed by atoms with Gasteiger partial charge in [0.05, 0.1) is 19.8 Å². The molecule has 0 aliphatic heterocycles. The summed E-state index contributed by atoms with van der Waals surface area (Å²) in [4.78, 5) is 0. The maximum atomic E-state index is 9.82. The fourth-order valence-corrected chi connectivity index (χ4v) is 4.06. The van der Waals surface area contributed by atoms with Gasteiger partial charge >= 0.3 is 0 Å². The number of aliphatic hydroxyl groups excluding tert-OH is 5. The molecule has 0 spiro atoms. The molecule has 5 N–H and O–H groups in total. The molecule has 0 saturated heterocycles. The lowest BCUT2D eigenvalue weighted by Crippen LogP contribution is -2.47. The van der Waals surface area contributed by atoms with Gasteiger partial charge in [0, 0.05) is 0 Å². The molecule has 2 unspecified atom stereocenters. The zero-order valence-corrected chi connectivity index (χ0v) is 22.0. The Morgan fingerprint density at radius 2 is 1.27 bits per heavy atom. The van der Waals surface area contributed by atoms with Crippen LogP contribution in [-0.4, -0.2) is 69.8 Å². The van der Waals surface area contributed by atoms with Crippen molar-refractivity contribution in [2.24, 2.45) is 17.8 Å². The van der Waals surface area contributed by atoms with E-state index in [-0.39, 0.29) is 6.61 Å². The fourth-order valence-electron chi connectivity index (χ4n) is 4.06. The van der Waals surface area contributed by atoms with E-state index in [1.165, 1.54) is 56.9 Å². The average Bonchev–Trinajstić information content (AvgIpc) is 2.76. The topological polar surface area (TPSA) is 110 Å². The van der Waals surface area contributed by atoms with Crippen molar-refractivity contribution in [3.8, 4) is 0 Å². The van der Waals surface area contributed by atoms with Crippen LogP contribution in [0.25, 0.3) is 0 Å². The number of hydrogen-bond acceptors (Lipinski definition) is 6. The first-order chi connectivity index (χ1) is 15.6. The van der Waals surface area contributed by atoms with Crippen molar-refractivity contribution in [3.63, 3.8) is 0 Å². The lowest BCUT2D eigenvalue weighted by Gasteiger charge is -2.25. The molecule has 198 valence electrons. The lowest BCUT2D eigenvalue weighted by molar-refractivity contribution is -0.128. The van der Waals surface area contributed by atoms with Crippen molar-refractivity contribution in [2.75, 3.05) is 19.8 Å². The molecule has 0 fully saturated rings. The van der Waals surface area contributed by atoms with Gasteiger partial charge in [0.2, 0.25) is 0 Å². The maximum absolute atomic E-state index is 9.82. The molecule has 6 heteroatoms. The van der Waals surface area contributed by atoms with Crippen molar-refractivity contribution in [1.82, 2.24) is 0 Å². The smallest absolute Gasteiger partial charge is 0.111 e. The van der Waals surface area contributed by atoms with Crippen molar-refractivity contribution in [2.45, 2.75) is 123 Å². The molecular formula is C27H54O6. The van der Waals surface area contributed by atoms with Gasteiger partial charge in [0.15, 0.2) is 0 Å². The summed E-state index contributed by atoms with van der Waals surface area (Å²) in [6, 6.07) is 0. The van der Waals surface area contributed by atoms with Gasteiger partial charge in [-0.05, 0) is 43.9 Å². The molecular weight excluding hydrogens is 420 g/mol. The molecule has 0 aromatic rings. The second kappa shape index (κ2) is 19.8. The molecule has 0 rings (SSSR count). The van der Waals surface area contributed by atoms with Gasteiger partial charge in [-0.25, -0.2) is 0 Å². The van der Waals surface area contributed by atoms with Crippen LogP contribution in [-0.2, 0) is 4.74 Å². The normalized spacial score (nSPS) is 18.2. The average molecular weight is 475 g/mol. The van der Waals surface area contributed by atoms with Crippen LogP contribution in [0.3, 0.4) is 0 Å². The second-order valence-corrected chi connectivity index (χ2v) is 10.6. The Morgan fingerprint density at radius 1 is 0.758 bits per heavy atom. The van der Waals surface area contributed by atoms with E-state index in [1.54, 1.807) is 0 Å². The minimum absolute atomic E-state index is 0.142. The summed E-state index contributed by atoms with van der Waals surface area (Å²) in [5, 5.41) is 47.2. The third-order valence-electron chi connectivity index (χ3n) is 6.51. The van der Waals surface area contributed by atoms with Crippen LogP contribution >= 0.6 is 0 Å². The van der Waals surface area contributed by atoms with Crippen LogP contribution in [0, 0.1) is 17.8 Å². The summed E-state index contributed by atoms with van der Waals surface area (Å²) in [5.41, 5.74) is 1.34. The van der Waals surface area contributed by atoms with E-state index in [2.05, 4.69) is 40.7 Å². The van der Waals surface area contributed by atoms with Crippen molar-refractivity contribution < 1.29 is 30.3 Å². The number of rotatable bonds is 21. The Balaban J connectivity index is 3.82. The first-order valence-corrected chi connectivity index (χ1v) is 13.1. The van der Waals surface area contributed by atoms with Gasteiger partial charge in [-0.3, -0.25) is 0 Å². The van der Waals surface area contributed by atoms with Crippen LogP contribution in [0.5, 0.6) is 0 Å². The number of ether oxygens (including phenoxy) is 1. The molecule has 0 amide bonds. The Labute approximate surface area is 203 Å². The molecule has 0 saturated carbocycles. The summed E-state index contributed by atoms with van der Waals surface area (Å²) in [5.74, 6) is 2.45. The fraction of sp³-hybridized carbons (Fsp3) is 0.926. The standard InChI is InChI=1S/C27H54O6/c1-20(2)10-6-11-21(3)12-7-13-22(4)14-8-15-23(5)16-9-17-33-19-25(30)27(32)26(31)24(29)18-28/h16,20-22,24-32H,6-15,17-19H2,1-5H3/t21?,22?,24-,25+,26-,27-/m0/s1. The highest BCUT2D eigenvalue weighted by Gasteiger charge is 2.29. The van der Waals surface area contributed by atoms with Crippen LogP contribution in [0.4, 0.5) is 0 Å². The monoisotopic (exact) mass is 474 g/mol. The van der Waals surface area contributed by atoms with E-state index < -0.39 is 31.0 Å². The Hall–Kier alpha value is -0.500. The molecule has 6 atom stereocenters. The Kier molecular flexibility index (Phi) is 19.5. The SMILES string of the molecule is CC(=CCCOC[C@@H](O)[C@H](O)[C@@H](O)[C@@H](O)CO)CCCC(C)CCCC(C)CCCC(C)C. The van der Waals surface area contributed by atoms with Gasteiger partial charge in [-0.2, -0.15) is 0 Å². The molecule has 0 heterocycles. The highest BCUT2D eigenvalue weighted by Crippen LogP contribution is 2.22. The maximum Gasteiger partial charge on any atom is 0.111 e. The zero-order valence-electron chi connectivity index (χ0n) is 22.0. The molecule has 0 bridgehead atoms. The van der Waals surface area contributed by atoms with E-state index in [9.17, 15) is 20.4 Å². The van der Waals surface area contributed by atoms with Gasteiger partial charge in [0.25, 0.3) is 0 Å². The molecule has 0 aliphatic rings. The van der Waals surface area contributed by atoms with Crippen LogP contribution < -0.4 is 0 Å². The van der Waals surface area contributed by atoms with E-state index in [0.717, 1.165) is 30.6 Å². The van der Waals surface area contributed by atoms with Crippen molar-refractivity contribution >= 4 is 0 Å². The Morgan fingerprint density at radius 3 is 1.82 bits per heavy atom. The molecule has 0 aliphatic carbocycles. The first-order valence-electron chi connectivity index (χ1n) is 13.1. The van der Waals surface area contributed by atoms with Gasteiger partial charge in [0.1, 0.15) is 24.4 Å². The summed E-state index contributed by atoms with van der Waals surface area (Å²) in [6.45, 7) is 11.1. The minimum atomic E-state index is -1.61. The molecule has 6 nitrogen and oxygen atoms in total. The van der Waals surface area contributed by atoms with E-state index in [1.807, 2.05) is 0 Å². The van der Waals surface area contributed by atoms with Crippen LogP contribution in [0.15, 0.2) is 11.6 Å². The largest absolute Gasteiger partial charge is 0.394 e.